The molecule has 204 valence electrons. The lowest BCUT2D eigenvalue weighted by Crippen LogP contribution is -2.69. The molecule has 0 heterocycles. The van der Waals surface area contributed by atoms with Crippen LogP contribution in [-0.4, -0.2) is 68.1 Å². The van der Waals surface area contributed by atoms with Gasteiger partial charge in [-0.3, -0.25) is 0 Å². The van der Waals surface area contributed by atoms with Crippen LogP contribution in [0.2, 0.25) is 0 Å². The van der Waals surface area contributed by atoms with Gasteiger partial charge in [0.15, 0.2) is 13.3 Å². The third-order valence-electron chi connectivity index (χ3n) is 2.47. The second-order valence-corrected chi connectivity index (χ2v) is 6.40. The van der Waals surface area contributed by atoms with E-state index in [1.54, 1.807) is 4.74 Å². The van der Waals surface area contributed by atoms with Gasteiger partial charge in [0.05, 0.1) is 0 Å². The molecule has 33 heavy (non-hydrogen) atoms. The summed E-state index contributed by atoms with van der Waals surface area (Å²) < 4.78 is 232. The molecule has 0 aromatic carbocycles. The topological polar surface area (TPSA) is 66.4 Å². The Morgan fingerprint density at radius 2 is 1.00 bits per heavy atom. The van der Waals surface area contributed by atoms with Crippen LogP contribution in [0, 0.1) is 0 Å². The Bertz CT molecular complexity index is 692. The summed E-state index contributed by atoms with van der Waals surface area (Å²) in [6.07, 6.45) is -21.1. The first-order chi connectivity index (χ1) is 13.8. The summed E-state index contributed by atoms with van der Waals surface area (Å²) in [5, 5.41) is 0. The summed E-state index contributed by atoms with van der Waals surface area (Å²) in [6, 6.07) is 0. The summed E-state index contributed by atoms with van der Waals surface area (Å²) in [6.45, 7) is -5.54. The maximum atomic E-state index is 13.2. The first-order valence-corrected chi connectivity index (χ1v) is 8.26. The first-order valence-electron chi connectivity index (χ1n) is 6.95. The molecule has 0 amide bonds. The molecule has 0 aliphatic rings. The van der Waals surface area contributed by atoms with Gasteiger partial charge in [-0.15, -0.1) is 3.89 Å². The lowest BCUT2D eigenvalue weighted by atomic mass is 9.96. The predicted molar refractivity (Wildman–Crippen MR) is 70.9 cm³/mol. The number of hydrogen-bond acceptors (Lipinski definition) is 4. The highest BCUT2D eigenvalue weighted by atomic mass is 32.3. The Balaban J connectivity index is -0.000000310. The zero-order valence-electron chi connectivity index (χ0n) is 16.4. The molecule has 0 N–H and O–H groups in total. The molecule has 0 rings (SSSR count). The van der Waals surface area contributed by atoms with Crippen LogP contribution >= 0.6 is 0 Å². The second kappa shape index (κ2) is 11.0. The fraction of sp³-hybridized carbons (Fsp3) is 1.00. The molecule has 0 aromatic rings. The van der Waals surface area contributed by atoms with Crippen molar-refractivity contribution in [2.75, 3.05) is 13.3 Å². The van der Waals surface area contributed by atoms with Gasteiger partial charge in [-0.05, 0) is 0 Å². The molecule has 1 unspecified atom stereocenters. The van der Waals surface area contributed by atoms with Crippen molar-refractivity contribution in [3.05, 3.63) is 0 Å². The Morgan fingerprint density at radius 1 is 0.727 bits per heavy atom. The fourth-order valence-corrected chi connectivity index (χ4v) is 0.998. The molecule has 0 bridgehead atoms. The van der Waals surface area contributed by atoms with Gasteiger partial charge in [0, 0.05) is 13.8 Å². The molecule has 0 saturated carbocycles. The van der Waals surface area contributed by atoms with E-state index in [0.29, 0.717) is 6.92 Å². The maximum Gasteiger partial charge on any atom is 1.00 e. The van der Waals surface area contributed by atoms with Gasteiger partial charge < -0.3 is 4.55 Å². The Morgan fingerprint density at radius 3 is 1.15 bits per heavy atom. The van der Waals surface area contributed by atoms with Crippen LogP contribution in [0.4, 0.5) is 74.1 Å². The lowest BCUT2D eigenvalue weighted by molar-refractivity contribution is -0.494. The zero-order chi connectivity index (χ0) is 28.1. The minimum Gasteiger partial charge on any atom is -0.722 e. The molecule has 0 aliphatic heterocycles. The van der Waals surface area contributed by atoms with Crippen LogP contribution < -0.4 is 0 Å². The van der Waals surface area contributed by atoms with E-state index in [9.17, 15) is 74.1 Å². The molecule has 22 heteroatoms. The Labute approximate surface area is 174 Å². The van der Waals surface area contributed by atoms with E-state index in [1.807, 2.05) is 0 Å². The summed E-state index contributed by atoms with van der Waals surface area (Å²) in [5.74, 6) is -15.3. The van der Waals surface area contributed by atoms with Gasteiger partial charge in [0.2, 0.25) is 0 Å². The molecule has 4 nitrogen and oxygen atoms in total. The van der Waals surface area contributed by atoms with E-state index >= 15 is 0 Å². The van der Waals surface area contributed by atoms with Crippen LogP contribution in [-0.2, 0) is 15.2 Å². The predicted octanol–water partition coefficient (Wildman–Crippen LogP) is 5.86. The quantitative estimate of drug-likeness (QED) is 0.222. The lowest BCUT2D eigenvalue weighted by Gasteiger charge is -2.39. The van der Waals surface area contributed by atoms with Gasteiger partial charge in [-0.25, -0.2) is 35.1 Å². The maximum absolute atomic E-state index is 13.2. The molecule has 0 radical (unpaired) electrons. The van der Waals surface area contributed by atoms with Gasteiger partial charge >= 0.3 is 37.3 Å². The molecular weight excluding hydrogens is 551 g/mol. The average molecular weight is 562 g/mol. The van der Waals surface area contributed by atoms with Crippen LogP contribution in [0.15, 0.2) is 0 Å². The van der Waals surface area contributed by atoms with Crippen molar-refractivity contribution in [2.24, 2.45) is 0 Å². The van der Waals surface area contributed by atoms with Crippen molar-refractivity contribution in [2.45, 2.75) is 55.7 Å². The molecular formula is C11H11F17O4S. The summed E-state index contributed by atoms with van der Waals surface area (Å²) >= 11 is 0. The van der Waals surface area contributed by atoms with Gasteiger partial charge in [0.1, 0.15) is 0 Å². The van der Waals surface area contributed by atoms with Crippen molar-refractivity contribution >= 4 is 10.5 Å². The summed E-state index contributed by atoms with van der Waals surface area (Å²) in [7, 11) is -5.42. The number of ether oxygens (including phenoxy) is 1. The minimum atomic E-state index is -7.34. The van der Waals surface area contributed by atoms with E-state index in [1.165, 1.54) is 0 Å². The molecule has 0 fully saturated rings. The standard InChI is InChI=1S/C8H5F13O.C3H5F3.FHO3S/c1-3(10,11)7(18,19)22-8(20,21)5(14,6(15,16)17)4(12,13)2-9;1-3(5,6)2-4;1-5(2,3)4/h2H2,1H3;2H2,1H3;(H,2,3,4). The molecule has 0 spiro atoms. The SMILES string of the molecule is CC(F)(F)C(F)(F)OC(F)(F)C(F)(C(F)(F)F)C(F)(F)CF.CC(F)(F)CF.O=S(=O)([O-])F.[H+]. The van der Waals surface area contributed by atoms with Crippen LogP contribution in [0.1, 0.15) is 15.3 Å². The van der Waals surface area contributed by atoms with E-state index < -0.39 is 72.6 Å². The van der Waals surface area contributed by atoms with Gasteiger partial charge in [-0.2, -0.15) is 48.3 Å². The third-order valence-corrected chi connectivity index (χ3v) is 2.47. The average Bonchev–Trinajstić information content (AvgIpc) is 2.48. The van der Waals surface area contributed by atoms with Crippen LogP contribution in [0.25, 0.3) is 0 Å². The monoisotopic (exact) mass is 562 g/mol. The highest BCUT2D eigenvalue weighted by molar-refractivity contribution is 7.80. The molecule has 0 aliphatic carbocycles. The van der Waals surface area contributed by atoms with Crippen molar-refractivity contribution in [3.63, 3.8) is 0 Å². The summed E-state index contributed by atoms with van der Waals surface area (Å²) in [4.78, 5) is 0. The fourth-order valence-electron chi connectivity index (χ4n) is 0.998. The highest BCUT2D eigenvalue weighted by Crippen LogP contribution is 2.56. The smallest absolute Gasteiger partial charge is 0.722 e. The normalized spacial score (nSPS) is 16.1. The van der Waals surface area contributed by atoms with Crippen molar-refractivity contribution in [1.29, 1.82) is 0 Å². The largest absolute Gasteiger partial charge is 1.00 e. The van der Waals surface area contributed by atoms with Crippen molar-refractivity contribution < 1.29 is 93.3 Å². The Kier molecular flexibility index (Phi) is 12.0. The van der Waals surface area contributed by atoms with E-state index in [2.05, 4.69) is 0 Å². The molecule has 0 aromatic heterocycles. The van der Waals surface area contributed by atoms with E-state index in [-0.39, 0.29) is 1.43 Å². The van der Waals surface area contributed by atoms with Crippen LogP contribution in [0.3, 0.4) is 0 Å². The Hall–Kier alpha value is -1.32. The number of rotatable bonds is 7. The van der Waals surface area contributed by atoms with Crippen LogP contribution in [0.5, 0.6) is 0 Å². The summed E-state index contributed by atoms with van der Waals surface area (Å²) in [5.41, 5.74) is -7.32. The number of hydrogen-bond donors (Lipinski definition) is 0. The van der Waals surface area contributed by atoms with Crippen molar-refractivity contribution in [1.82, 2.24) is 0 Å². The van der Waals surface area contributed by atoms with E-state index in [4.69, 9.17) is 13.0 Å². The molecule has 1 atom stereocenters. The number of halogens is 17. The van der Waals surface area contributed by atoms with Crippen molar-refractivity contribution in [3.8, 4) is 0 Å². The second-order valence-electron chi connectivity index (χ2n) is 5.62. The minimum absolute atomic E-state index is 0. The highest BCUT2D eigenvalue weighted by Gasteiger charge is 2.86. The zero-order valence-corrected chi connectivity index (χ0v) is 16.2. The number of alkyl halides is 16. The van der Waals surface area contributed by atoms with Gasteiger partial charge in [0.25, 0.3) is 16.4 Å². The van der Waals surface area contributed by atoms with E-state index in [0.717, 1.165) is 0 Å². The van der Waals surface area contributed by atoms with Gasteiger partial charge in [-0.1, -0.05) is 0 Å². The molecule has 0 saturated heterocycles. The third kappa shape index (κ3) is 11.6. The first kappa shape index (κ1) is 36.3.